The van der Waals surface area contributed by atoms with Crippen LogP contribution in [0.2, 0.25) is 0 Å². The molecule has 24 heavy (non-hydrogen) atoms. The lowest BCUT2D eigenvalue weighted by molar-refractivity contribution is 0.0977. The maximum Gasteiger partial charge on any atom is 0.165 e. The van der Waals surface area contributed by atoms with Gasteiger partial charge in [0.25, 0.3) is 0 Å². The molecular weight excluding hydrogens is 314 g/mol. The van der Waals surface area contributed by atoms with Crippen molar-refractivity contribution < 1.29 is 4.79 Å². The summed E-state index contributed by atoms with van der Waals surface area (Å²) in [5, 5.41) is 5.56. The van der Waals surface area contributed by atoms with E-state index in [1.165, 1.54) is 16.0 Å². The van der Waals surface area contributed by atoms with Gasteiger partial charge in [-0.05, 0) is 37.4 Å². The average molecular weight is 335 g/mol. The molecule has 0 saturated heterocycles. The van der Waals surface area contributed by atoms with Crippen LogP contribution in [-0.2, 0) is 0 Å². The molecule has 0 aliphatic heterocycles. The van der Waals surface area contributed by atoms with E-state index in [1.54, 1.807) is 11.3 Å². The number of ketones is 1. The Bertz CT molecular complexity index is 789. The van der Waals surface area contributed by atoms with Crippen LogP contribution >= 0.6 is 11.3 Å². The first kappa shape index (κ1) is 16.5. The van der Waals surface area contributed by atoms with Crippen molar-refractivity contribution >= 4 is 22.8 Å². The third-order valence-electron chi connectivity index (χ3n) is 4.04. The summed E-state index contributed by atoms with van der Waals surface area (Å²) >= 11 is 1.68. The summed E-state index contributed by atoms with van der Waals surface area (Å²) < 4.78 is 0. The van der Waals surface area contributed by atoms with Gasteiger partial charge < -0.3 is 5.32 Å². The molecule has 1 unspecified atom stereocenters. The molecule has 3 rings (SSSR count). The summed E-state index contributed by atoms with van der Waals surface area (Å²) in [4.78, 5) is 13.8. The smallest absolute Gasteiger partial charge is 0.165 e. The van der Waals surface area contributed by atoms with E-state index in [-0.39, 0.29) is 11.8 Å². The number of benzene rings is 2. The second-order valence-electron chi connectivity index (χ2n) is 6.07. The van der Waals surface area contributed by atoms with Gasteiger partial charge >= 0.3 is 0 Å². The molecule has 1 N–H and O–H groups in total. The van der Waals surface area contributed by atoms with Gasteiger partial charge in [0, 0.05) is 22.5 Å². The van der Waals surface area contributed by atoms with Crippen molar-refractivity contribution in [2.24, 2.45) is 0 Å². The number of Topliss-reactive ketones (excluding diaryl/α,β-unsaturated/α-hetero) is 1. The fourth-order valence-corrected chi connectivity index (χ4v) is 3.38. The van der Waals surface area contributed by atoms with Crippen molar-refractivity contribution in [2.45, 2.75) is 26.3 Å². The zero-order chi connectivity index (χ0) is 16.9. The Morgan fingerprint density at radius 3 is 2.17 bits per heavy atom. The van der Waals surface area contributed by atoms with E-state index in [4.69, 9.17) is 0 Å². The van der Waals surface area contributed by atoms with Crippen molar-refractivity contribution in [2.75, 3.05) is 5.32 Å². The minimum Gasteiger partial charge on any atom is -0.377 e. The number of rotatable bonds is 6. The number of hydrogen-bond acceptors (Lipinski definition) is 3. The Balaban J connectivity index is 1.79. The predicted molar refractivity (Wildman–Crippen MR) is 102 cm³/mol. The molecule has 0 bridgehead atoms. The fraction of sp³-hybridized carbons (Fsp3) is 0.190. The number of thiophene rings is 1. The van der Waals surface area contributed by atoms with Crippen LogP contribution in [0.4, 0.5) is 5.69 Å². The zero-order valence-electron chi connectivity index (χ0n) is 14.0. The molecule has 2 nitrogen and oxygen atoms in total. The molecule has 1 atom stereocenters. The lowest BCUT2D eigenvalue weighted by Crippen LogP contribution is -2.14. The molecule has 3 heteroatoms. The average Bonchev–Trinajstić information content (AvgIpc) is 3.11. The largest absolute Gasteiger partial charge is 0.377 e. The number of nitrogens with one attached hydrogen (secondary N) is 1. The van der Waals surface area contributed by atoms with Crippen molar-refractivity contribution in [1.82, 2.24) is 0 Å². The maximum absolute atomic E-state index is 12.7. The van der Waals surface area contributed by atoms with Crippen molar-refractivity contribution in [3.05, 3.63) is 87.6 Å². The number of hydrogen-bond donors (Lipinski definition) is 1. The topological polar surface area (TPSA) is 29.1 Å². The van der Waals surface area contributed by atoms with Gasteiger partial charge in [-0.25, -0.2) is 0 Å². The molecule has 0 radical (unpaired) electrons. The predicted octanol–water partition coefficient (Wildman–Crippen LogP) is 5.79. The first-order chi connectivity index (χ1) is 11.6. The molecule has 0 aliphatic rings. The fourth-order valence-electron chi connectivity index (χ4n) is 2.61. The Labute approximate surface area is 147 Å². The lowest BCUT2D eigenvalue weighted by atomic mass is 10.0. The van der Waals surface area contributed by atoms with Crippen molar-refractivity contribution in [1.29, 1.82) is 0 Å². The lowest BCUT2D eigenvalue weighted by Gasteiger charge is -2.18. The van der Waals surface area contributed by atoms with Crippen LogP contribution in [0.25, 0.3) is 0 Å². The maximum atomic E-state index is 12.7. The number of anilines is 1. The van der Waals surface area contributed by atoms with Gasteiger partial charge in [0.15, 0.2) is 5.78 Å². The van der Waals surface area contributed by atoms with Gasteiger partial charge in [-0.15, -0.1) is 11.3 Å². The molecule has 122 valence electrons. The van der Waals surface area contributed by atoms with E-state index >= 15 is 0 Å². The van der Waals surface area contributed by atoms with Gasteiger partial charge in [0.1, 0.15) is 0 Å². The molecule has 0 spiro atoms. The monoisotopic (exact) mass is 335 g/mol. The van der Waals surface area contributed by atoms with E-state index in [9.17, 15) is 4.79 Å². The summed E-state index contributed by atoms with van der Waals surface area (Å²) in [6.45, 7) is 4.10. The minimum atomic E-state index is -0.0125. The van der Waals surface area contributed by atoms with Gasteiger partial charge in [0.2, 0.25) is 0 Å². The molecule has 0 fully saturated rings. The summed E-state index contributed by atoms with van der Waals surface area (Å²) in [6, 6.07) is 20.2. The Morgan fingerprint density at radius 2 is 1.58 bits per heavy atom. The standard InChI is InChI=1S/C21H21NOS/c1-15-5-9-17(10-6-15)20(23)14-19(21-4-3-13-24-21)22-18-11-7-16(2)8-12-18/h3-13,19,22H,14H2,1-2H3. The quantitative estimate of drug-likeness (QED) is 0.578. The summed E-state index contributed by atoms with van der Waals surface area (Å²) in [6.07, 6.45) is 0.442. The third kappa shape index (κ3) is 4.12. The molecule has 0 amide bonds. The van der Waals surface area contributed by atoms with E-state index < -0.39 is 0 Å². The van der Waals surface area contributed by atoms with Crippen LogP contribution in [0.15, 0.2) is 66.0 Å². The number of carbonyl (C=O) groups excluding carboxylic acids is 1. The van der Waals surface area contributed by atoms with E-state index in [2.05, 4.69) is 48.0 Å². The normalized spacial score (nSPS) is 11.9. The van der Waals surface area contributed by atoms with Crippen molar-refractivity contribution in [3.63, 3.8) is 0 Å². The first-order valence-corrected chi connectivity index (χ1v) is 8.96. The van der Waals surface area contributed by atoms with Crippen LogP contribution in [0.5, 0.6) is 0 Å². The van der Waals surface area contributed by atoms with E-state index in [1.807, 2.05) is 37.3 Å². The molecule has 2 aromatic carbocycles. The van der Waals surface area contributed by atoms with Gasteiger partial charge in [-0.2, -0.15) is 0 Å². The Morgan fingerprint density at radius 1 is 0.958 bits per heavy atom. The highest BCUT2D eigenvalue weighted by Gasteiger charge is 2.18. The van der Waals surface area contributed by atoms with Gasteiger partial charge in [-0.1, -0.05) is 53.6 Å². The number of aryl methyl sites for hydroxylation is 2. The second-order valence-corrected chi connectivity index (χ2v) is 7.05. The van der Waals surface area contributed by atoms with E-state index in [0.717, 1.165) is 11.3 Å². The molecule has 0 aliphatic carbocycles. The molecular formula is C21H21NOS. The third-order valence-corrected chi connectivity index (χ3v) is 5.03. The molecule has 0 saturated carbocycles. The van der Waals surface area contributed by atoms with Crippen molar-refractivity contribution in [3.8, 4) is 0 Å². The van der Waals surface area contributed by atoms with Crippen LogP contribution in [0.3, 0.4) is 0 Å². The summed E-state index contributed by atoms with van der Waals surface area (Å²) in [7, 11) is 0. The summed E-state index contributed by atoms with van der Waals surface area (Å²) in [5.74, 6) is 0.160. The Kier molecular flexibility index (Phi) is 5.11. The highest BCUT2D eigenvalue weighted by atomic mass is 32.1. The van der Waals surface area contributed by atoms with E-state index in [0.29, 0.717) is 6.42 Å². The minimum absolute atomic E-state index is 0.0125. The molecule has 1 aromatic heterocycles. The molecule has 1 heterocycles. The zero-order valence-corrected chi connectivity index (χ0v) is 14.8. The van der Waals surface area contributed by atoms with Crippen LogP contribution in [0.1, 0.15) is 38.8 Å². The highest BCUT2D eigenvalue weighted by Crippen LogP contribution is 2.28. The number of carbonyl (C=O) groups is 1. The Hall–Kier alpha value is -2.39. The second kappa shape index (κ2) is 7.45. The molecule has 3 aromatic rings. The SMILES string of the molecule is Cc1ccc(NC(CC(=O)c2ccc(C)cc2)c2cccs2)cc1. The van der Waals surface area contributed by atoms with Crippen LogP contribution in [-0.4, -0.2) is 5.78 Å². The van der Waals surface area contributed by atoms with Gasteiger partial charge in [0.05, 0.1) is 6.04 Å². The summed E-state index contributed by atoms with van der Waals surface area (Å²) in [5.41, 5.74) is 4.20. The first-order valence-electron chi connectivity index (χ1n) is 8.08. The van der Waals surface area contributed by atoms with Gasteiger partial charge in [-0.3, -0.25) is 4.79 Å². The van der Waals surface area contributed by atoms with Crippen LogP contribution in [0, 0.1) is 13.8 Å². The highest BCUT2D eigenvalue weighted by molar-refractivity contribution is 7.10. The van der Waals surface area contributed by atoms with Crippen LogP contribution < -0.4 is 5.32 Å².